The van der Waals surface area contributed by atoms with Gasteiger partial charge in [-0.3, -0.25) is 14.3 Å². The number of aromatic nitrogens is 2. The first kappa shape index (κ1) is 23.1. The summed E-state index contributed by atoms with van der Waals surface area (Å²) < 4.78 is 1.59. The van der Waals surface area contributed by atoms with E-state index in [1.165, 1.54) is 0 Å². The minimum Gasteiger partial charge on any atom is -0.347 e. The van der Waals surface area contributed by atoms with Gasteiger partial charge in [0, 0.05) is 25.7 Å². The van der Waals surface area contributed by atoms with Crippen LogP contribution in [0.5, 0.6) is 0 Å². The molecule has 0 spiro atoms. The number of amides is 2. The average molecular weight is 505 g/mol. The van der Waals surface area contributed by atoms with Crippen LogP contribution in [0.25, 0.3) is 11.1 Å². The Morgan fingerprint density at radius 2 is 1.57 bits per heavy atom. The third-order valence-corrected chi connectivity index (χ3v) is 6.71. The molecule has 1 N–H and O–H groups in total. The number of carbonyl (C=O) groups is 2. The van der Waals surface area contributed by atoms with Gasteiger partial charge < -0.3 is 10.2 Å². The largest absolute Gasteiger partial charge is 0.347 e. The van der Waals surface area contributed by atoms with Crippen LogP contribution < -0.4 is 5.32 Å². The van der Waals surface area contributed by atoms with Gasteiger partial charge in [-0.15, -0.1) is 0 Å². The molecule has 176 valence electrons. The van der Waals surface area contributed by atoms with E-state index in [9.17, 15) is 9.59 Å². The number of nitrogens with one attached hydrogen (secondary N) is 1. The van der Waals surface area contributed by atoms with E-state index in [2.05, 4.69) is 22.5 Å². The van der Waals surface area contributed by atoms with Crippen molar-refractivity contribution >= 4 is 35.0 Å². The highest BCUT2D eigenvalue weighted by atomic mass is 35.5. The van der Waals surface area contributed by atoms with Crippen LogP contribution in [0, 0.1) is 0 Å². The molecule has 8 heteroatoms. The lowest BCUT2D eigenvalue weighted by Crippen LogP contribution is -2.39. The normalized spacial score (nSPS) is 13.0. The molecule has 1 aliphatic heterocycles. The number of hydrogen-bond acceptors (Lipinski definition) is 3. The number of benzene rings is 3. The van der Waals surface area contributed by atoms with Gasteiger partial charge in [0.1, 0.15) is 5.69 Å². The molecule has 0 bridgehead atoms. The summed E-state index contributed by atoms with van der Waals surface area (Å²) >= 11 is 12.1. The Hall–Kier alpha value is -3.61. The maximum absolute atomic E-state index is 13.0. The summed E-state index contributed by atoms with van der Waals surface area (Å²) in [5.74, 6) is -0.492. The van der Waals surface area contributed by atoms with Crippen LogP contribution >= 0.6 is 23.2 Å². The van der Waals surface area contributed by atoms with Gasteiger partial charge in [-0.1, -0.05) is 83.9 Å². The molecule has 1 aromatic heterocycles. The summed E-state index contributed by atoms with van der Waals surface area (Å²) in [6, 6.07) is 25.0. The SMILES string of the molecule is O=C(NCc1ccc(-c2ccccc2)cc1)c1cc2n(n1)CCN(Cc1ccc(Cl)c(Cl)c1)C2=O. The fourth-order valence-electron chi connectivity index (χ4n) is 4.08. The Kier molecular flexibility index (Phi) is 6.57. The maximum atomic E-state index is 13.0. The van der Waals surface area contributed by atoms with Crippen molar-refractivity contribution in [1.29, 1.82) is 0 Å². The van der Waals surface area contributed by atoms with E-state index in [1.807, 2.05) is 48.5 Å². The van der Waals surface area contributed by atoms with E-state index in [0.29, 0.717) is 41.9 Å². The van der Waals surface area contributed by atoms with Crippen LogP contribution in [0.15, 0.2) is 78.9 Å². The zero-order valence-electron chi connectivity index (χ0n) is 18.7. The van der Waals surface area contributed by atoms with Crippen molar-refractivity contribution in [2.75, 3.05) is 6.54 Å². The van der Waals surface area contributed by atoms with E-state index >= 15 is 0 Å². The minimum absolute atomic E-state index is 0.176. The topological polar surface area (TPSA) is 67.2 Å². The molecule has 0 saturated heterocycles. The number of nitrogens with zero attached hydrogens (tertiary/aromatic N) is 3. The summed E-state index contributed by atoms with van der Waals surface area (Å²) in [6.07, 6.45) is 0. The van der Waals surface area contributed by atoms with Gasteiger partial charge in [0.15, 0.2) is 5.69 Å². The Labute approximate surface area is 213 Å². The monoisotopic (exact) mass is 504 g/mol. The van der Waals surface area contributed by atoms with Gasteiger partial charge in [0.25, 0.3) is 11.8 Å². The summed E-state index contributed by atoms with van der Waals surface area (Å²) in [7, 11) is 0. The van der Waals surface area contributed by atoms with Gasteiger partial charge >= 0.3 is 0 Å². The molecule has 2 heterocycles. The predicted octanol–water partition coefficient (Wildman–Crippen LogP) is 5.44. The molecule has 0 aliphatic carbocycles. The maximum Gasteiger partial charge on any atom is 0.272 e. The summed E-state index contributed by atoms with van der Waals surface area (Å²) in [5.41, 5.74) is 4.75. The zero-order valence-corrected chi connectivity index (χ0v) is 20.3. The molecule has 0 unspecified atom stereocenters. The van der Waals surface area contributed by atoms with Crippen molar-refractivity contribution in [2.45, 2.75) is 19.6 Å². The standard InChI is InChI=1S/C27H22Cl2N4O2/c28-22-11-8-19(14-23(22)29)17-32-12-13-33-25(27(32)35)15-24(31-33)26(34)30-16-18-6-9-21(10-7-18)20-4-2-1-3-5-20/h1-11,14-15H,12-13,16-17H2,(H,30,34). The third-order valence-electron chi connectivity index (χ3n) is 5.97. The Balaban J connectivity index is 1.22. The number of carbonyl (C=O) groups excluding carboxylic acids is 2. The van der Waals surface area contributed by atoms with Crippen molar-refractivity contribution < 1.29 is 9.59 Å². The predicted molar refractivity (Wildman–Crippen MR) is 136 cm³/mol. The van der Waals surface area contributed by atoms with Crippen molar-refractivity contribution in [1.82, 2.24) is 20.0 Å². The lowest BCUT2D eigenvalue weighted by atomic mass is 10.0. The van der Waals surface area contributed by atoms with E-state index in [4.69, 9.17) is 23.2 Å². The van der Waals surface area contributed by atoms with Crippen molar-refractivity contribution in [3.8, 4) is 11.1 Å². The van der Waals surface area contributed by atoms with Crippen molar-refractivity contribution in [2.24, 2.45) is 0 Å². The molecule has 5 rings (SSSR count). The Morgan fingerprint density at radius 1 is 0.857 bits per heavy atom. The Morgan fingerprint density at radius 3 is 2.31 bits per heavy atom. The second kappa shape index (κ2) is 9.94. The fraction of sp³-hybridized carbons (Fsp3) is 0.148. The van der Waals surface area contributed by atoms with Crippen LogP contribution in [0.1, 0.15) is 32.1 Å². The van der Waals surface area contributed by atoms with Crippen LogP contribution in [0.4, 0.5) is 0 Å². The van der Waals surface area contributed by atoms with E-state index < -0.39 is 0 Å². The third kappa shape index (κ3) is 5.09. The van der Waals surface area contributed by atoms with E-state index in [0.717, 1.165) is 22.3 Å². The highest BCUT2D eigenvalue weighted by molar-refractivity contribution is 6.42. The van der Waals surface area contributed by atoms with E-state index in [1.54, 1.807) is 27.8 Å². The molecule has 0 saturated carbocycles. The van der Waals surface area contributed by atoms with Gasteiger partial charge in [0.05, 0.1) is 16.6 Å². The average Bonchev–Trinajstić information content (AvgIpc) is 3.33. The van der Waals surface area contributed by atoms with Crippen molar-refractivity contribution in [3.63, 3.8) is 0 Å². The molecule has 1 aliphatic rings. The van der Waals surface area contributed by atoms with Crippen LogP contribution in [-0.2, 0) is 19.6 Å². The quantitative estimate of drug-likeness (QED) is 0.380. The second-order valence-corrected chi connectivity index (χ2v) is 9.17. The molecule has 35 heavy (non-hydrogen) atoms. The number of hydrogen-bond donors (Lipinski definition) is 1. The van der Waals surface area contributed by atoms with Gasteiger partial charge in [-0.25, -0.2) is 0 Å². The first-order valence-corrected chi connectivity index (χ1v) is 12.0. The lowest BCUT2D eigenvalue weighted by Gasteiger charge is -2.27. The number of fused-ring (bicyclic) bond motifs is 1. The molecule has 4 aromatic rings. The molecule has 0 atom stereocenters. The van der Waals surface area contributed by atoms with Crippen molar-refractivity contribution in [3.05, 3.63) is 111 Å². The second-order valence-electron chi connectivity index (χ2n) is 8.36. The summed E-state index contributed by atoms with van der Waals surface area (Å²) in [4.78, 5) is 27.5. The fourth-order valence-corrected chi connectivity index (χ4v) is 4.40. The first-order valence-electron chi connectivity index (χ1n) is 11.2. The van der Waals surface area contributed by atoms with E-state index in [-0.39, 0.29) is 17.5 Å². The molecule has 0 radical (unpaired) electrons. The molecular formula is C27H22Cl2N4O2. The molecule has 6 nitrogen and oxygen atoms in total. The number of rotatable bonds is 6. The smallest absolute Gasteiger partial charge is 0.272 e. The Bertz CT molecular complexity index is 1380. The highest BCUT2D eigenvalue weighted by Gasteiger charge is 2.28. The van der Waals surface area contributed by atoms with Crippen LogP contribution in [0.3, 0.4) is 0 Å². The van der Waals surface area contributed by atoms with Gasteiger partial charge in [0.2, 0.25) is 0 Å². The summed E-state index contributed by atoms with van der Waals surface area (Å²) in [5, 5.41) is 8.17. The lowest BCUT2D eigenvalue weighted by molar-refractivity contribution is 0.0683. The first-order chi connectivity index (χ1) is 17.0. The summed E-state index contributed by atoms with van der Waals surface area (Å²) in [6.45, 7) is 1.77. The molecule has 0 fully saturated rings. The van der Waals surface area contributed by atoms with Crippen LogP contribution in [-0.4, -0.2) is 33.0 Å². The zero-order chi connectivity index (χ0) is 24.4. The highest BCUT2D eigenvalue weighted by Crippen LogP contribution is 2.24. The number of halogens is 2. The molecule has 3 aromatic carbocycles. The molecule has 2 amide bonds. The molecular weight excluding hydrogens is 483 g/mol. The van der Waals surface area contributed by atoms with Crippen LogP contribution in [0.2, 0.25) is 10.0 Å². The van der Waals surface area contributed by atoms with Gasteiger partial charge in [-0.2, -0.15) is 5.10 Å². The van der Waals surface area contributed by atoms with Gasteiger partial charge in [-0.05, 0) is 34.4 Å². The minimum atomic E-state index is -0.317.